The topological polar surface area (TPSA) is 78.0 Å². The molecule has 0 bridgehead atoms. The minimum atomic E-state index is -0.482. The minimum Gasteiger partial charge on any atom is -0.444 e. The monoisotopic (exact) mass is 375 g/mol. The van der Waals surface area contributed by atoms with Gasteiger partial charge in [0.1, 0.15) is 5.60 Å². The molecule has 1 amide bonds. The molecule has 0 unspecified atom stereocenters. The first-order valence-electron chi connectivity index (χ1n) is 9.58. The number of guanidine groups is 1. The summed E-state index contributed by atoms with van der Waals surface area (Å²) in [6.45, 7) is 10.5. The Hall–Kier alpha value is -2.28. The Bertz CT molecular complexity index is 640. The van der Waals surface area contributed by atoms with Gasteiger partial charge in [-0.25, -0.2) is 4.79 Å². The molecule has 7 nitrogen and oxygen atoms in total. The molecule has 0 saturated carbocycles. The van der Waals surface area contributed by atoms with Gasteiger partial charge in [-0.05, 0) is 38.3 Å². The predicted molar refractivity (Wildman–Crippen MR) is 109 cm³/mol. The van der Waals surface area contributed by atoms with E-state index in [1.54, 1.807) is 7.05 Å². The van der Waals surface area contributed by atoms with Crippen molar-refractivity contribution in [2.24, 2.45) is 4.99 Å². The Balaban J connectivity index is 1.60. The second kappa shape index (κ2) is 10.2. The van der Waals surface area contributed by atoms with Gasteiger partial charge in [0.25, 0.3) is 0 Å². The first-order chi connectivity index (χ1) is 12.9. The van der Waals surface area contributed by atoms with E-state index < -0.39 is 11.7 Å². The number of aliphatic imine (C=N–C) groups is 1. The normalized spacial score (nSPS) is 15.0. The van der Waals surface area contributed by atoms with E-state index in [2.05, 4.69) is 50.1 Å². The van der Waals surface area contributed by atoms with Crippen LogP contribution >= 0.6 is 0 Å². The molecule has 150 valence electrons. The molecule has 1 aromatic carbocycles. The minimum absolute atomic E-state index is 0.405. The van der Waals surface area contributed by atoms with Gasteiger partial charge in [-0.3, -0.25) is 9.89 Å². The van der Waals surface area contributed by atoms with Crippen LogP contribution in [0.3, 0.4) is 0 Å². The number of alkyl carbamates (subject to hydrolysis) is 1. The largest absolute Gasteiger partial charge is 0.444 e. The van der Waals surface area contributed by atoms with Crippen LogP contribution in [0.2, 0.25) is 0 Å². The summed E-state index contributed by atoms with van der Waals surface area (Å²) < 4.78 is 5.20. The molecule has 0 aromatic heterocycles. The summed E-state index contributed by atoms with van der Waals surface area (Å²) in [5, 5.41) is 9.23. The number of fused-ring (bicyclic) bond motifs is 1. The molecule has 1 aromatic rings. The molecule has 0 aliphatic carbocycles. The third-order valence-electron chi connectivity index (χ3n) is 4.24. The molecule has 27 heavy (non-hydrogen) atoms. The van der Waals surface area contributed by atoms with Crippen LogP contribution in [0.4, 0.5) is 4.79 Å². The number of carbonyl (C=O) groups is 1. The van der Waals surface area contributed by atoms with Crippen molar-refractivity contribution in [2.45, 2.75) is 39.3 Å². The Morgan fingerprint density at radius 1 is 1.11 bits per heavy atom. The van der Waals surface area contributed by atoms with Crippen LogP contribution in [0, 0.1) is 0 Å². The van der Waals surface area contributed by atoms with Crippen LogP contribution in [0.15, 0.2) is 29.3 Å². The van der Waals surface area contributed by atoms with Crippen molar-refractivity contribution >= 4 is 12.1 Å². The van der Waals surface area contributed by atoms with Crippen LogP contribution < -0.4 is 16.0 Å². The molecule has 0 fully saturated rings. The summed E-state index contributed by atoms with van der Waals surface area (Å²) in [6, 6.07) is 8.66. The standard InChI is InChI=1S/C20H33N5O2/c1-20(2,3)27-19(26)24-11-10-22-18(21-4)23-12-14-25-13-9-16-7-5-6-8-17(16)15-25/h5-8H,9-15H2,1-4H3,(H,24,26)(H2,21,22,23). The Kier molecular flexibility index (Phi) is 7.91. The number of carbonyl (C=O) groups excluding carboxylic acids is 1. The third-order valence-corrected chi connectivity index (χ3v) is 4.24. The summed E-state index contributed by atoms with van der Waals surface area (Å²) >= 11 is 0. The van der Waals surface area contributed by atoms with Gasteiger partial charge in [-0.2, -0.15) is 0 Å². The zero-order valence-corrected chi connectivity index (χ0v) is 17.0. The van der Waals surface area contributed by atoms with Crippen LogP contribution in [-0.2, 0) is 17.7 Å². The number of nitrogens with zero attached hydrogens (tertiary/aromatic N) is 2. The molecule has 1 aliphatic heterocycles. The van der Waals surface area contributed by atoms with Crippen molar-refractivity contribution in [1.29, 1.82) is 0 Å². The smallest absolute Gasteiger partial charge is 0.407 e. The molecule has 3 N–H and O–H groups in total. The van der Waals surface area contributed by atoms with E-state index in [-0.39, 0.29) is 0 Å². The highest BCUT2D eigenvalue weighted by molar-refractivity contribution is 5.79. The van der Waals surface area contributed by atoms with Gasteiger partial charge in [-0.1, -0.05) is 24.3 Å². The average molecular weight is 376 g/mol. The number of hydrogen-bond acceptors (Lipinski definition) is 4. The maximum absolute atomic E-state index is 11.6. The SMILES string of the molecule is CN=C(NCCNC(=O)OC(C)(C)C)NCCN1CCc2ccccc2C1. The molecular formula is C20H33N5O2. The van der Waals surface area contributed by atoms with Gasteiger partial charge in [0.05, 0.1) is 0 Å². The fraction of sp³-hybridized carbons (Fsp3) is 0.600. The maximum atomic E-state index is 11.6. The molecule has 0 atom stereocenters. The van der Waals surface area contributed by atoms with Crippen molar-refractivity contribution in [1.82, 2.24) is 20.9 Å². The lowest BCUT2D eigenvalue weighted by Gasteiger charge is -2.28. The summed E-state index contributed by atoms with van der Waals surface area (Å²) in [5.41, 5.74) is 2.42. The summed E-state index contributed by atoms with van der Waals surface area (Å²) in [6.07, 6.45) is 0.706. The van der Waals surface area contributed by atoms with Crippen LogP contribution in [-0.4, -0.2) is 62.3 Å². The Morgan fingerprint density at radius 3 is 2.48 bits per heavy atom. The Labute approximate surface area is 162 Å². The van der Waals surface area contributed by atoms with E-state index in [0.717, 1.165) is 38.6 Å². The van der Waals surface area contributed by atoms with E-state index in [1.165, 1.54) is 11.1 Å². The van der Waals surface area contributed by atoms with Crippen LogP contribution in [0.25, 0.3) is 0 Å². The van der Waals surface area contributed by atoms with Gasteiger partial charge >= 0.3 is 6.09 Å². The van der Waals surface area contributed by atoms with E-state index in [9.17, 15) is 4.79 Å². The van der Waals surface area contributed by atoms with E-state index in [4.69, 9.17) is 4.74 Å². The number of ether oxygens (including phenoxy) is 1. The average Bonchev–Trinajstić information content (AvgIpc) is 2.62. The van der Waals surface area contributed by atoms with E-state index in [1.807, 2.05) is 20.8 Å². The van der Waals surface area contributed by atoms with Gasteiger partial charge in [0.2, 0.25) is 0 Å². The fourth-order valence-electron chi connectivity index (χ4n) is 2.96. The van der Waals surface area contributed by atoms with Crippen LogP contribution in [0.5, 0.6) is 0 Å². The fourth-order valence-corrected chi connectivity index (χ4v) is 2.96. The highest BCUT2D eigenvalue weighted by atomic mass is 16.6. The molecule has 0 saturated heterocycles. The number of rotatable bonds is 6. The number of nitrogens with one attached hydrogen (secondary N) is 3. The van der Waals surface area contributed by atoms with Crippen molar-refractivity contribution < 1.29 is 9.53 Å². The second-order valence-corrected chi connectivity index (χ2v) is 7.65. The highest BCUT2D eigenvalue weighted by Gasteiger charge is 2.16. The van der Waals surface area contributed by atoms with Crippen molar-refractivity contribution in [2.75, 3.05) is 39.8 Å². The highest BCUT2D eigenvalue weighted by Crippen LogP contribution is 2.17. The first kappa shape index (κ1) is 21.0. The summed E-state index contributed by atoms with van der Waals surface area (Å²) in [4.78, 5) is 18.3. The predicted octanol–water partition coefficient (Wildman–Crippen LogP) is 1.73. The molecule has 2 rings (SSSR count). The molecular weight excluding hydrogens is 342 g/mol. The lowest BCUT2D eigenvalue weighted by Crippen LogP contribution is -2.45. The van der Waals surface area contributed by atoms with Gasteiger partial charge in [0.15, 0.2) is 5.96 Å². The summed E-state index contributed by atoms with van der Waals surface area (Å²) in [5.74, 6) is 0.735. The second-order valence-electron chi connectivity index (χ2n) is 7.65. The number of amides is 1. The maximum Gasteiger partial charge on any atom is 0.407 e. The molecule has 1 heterocycles. The molecule has 0 spiro atoms. The zero-order valence-electron chi connectivity index (χ0n) is 17.0. The van der Waals surface area contributed by atoms with Crippen LogP contribution in [0.1, 0.15) is 31.9 Å². The molecule has 1 aliphatic rings. The van der Waals surface area contributed by atoms with E-state index in [0.29, 0.717) is 13.1 Å². The quantitative estimate of drug-likeness (QED) is 0.401. The third kappa shape index (κ3) is 7.86. The van der Waals surface area contributed by atoms with E-state index >= 15 is 0 Å². The van der Waals surface area contributed by atoms with Crippen molar-refractivity contribution in [3.05, 3.63) is 35.4 Å². The van der Waals surface area contributed by atoms with Gasteiger partial charge < -0.3 is 20.7 Å². The number of hydrogen-bond donors (Lipinski definition) is 3. The van der Waals surface area contributed by atoms with Gasteiger partial charge in [0, 0.05) is 46.3 Å². The van der Waals surface area contributed by atoms with Crippen molar-refractivity contribution in [3.8, 4) is 0 Å². The summed E-state index contributed by atoms with van der Waals surface area (Å²) in [7, 11) is 1.74. The van der Waals surface area contributed by atoms with Gasteiger partial charge in [-0.15, -0.1) is 0 Å². The zero-order chi connectivity index (χ0) is 19.7. The molecule has 0 radical (unpaired) electrons. The molecule has 7 heteroatoms. The lowest BCUT2D eigenvalue weighted by atomic mass is 10.00. The Morgan fingerprint density at radius 2 is 1.78 bits per heavy atom. The first-order valence-corrected chi connectivity index (χ1v) is 9.58. The van der Waals surface area contributed by atoms with Crippen molar-refractivity contribution in [3.63, 3.8) is 0 Å². The lowest BCUT2D eigenvalue weighted by molar-refractivity contribution is 0.0529. The number of benzene rings is 1.